The minimum Gasteiger partial charge on any atom is -0.465 e. The third-order valence-corrected chi connectivity index (χ3v) is 2.72. The van der Waals surface area contributed by atoms with E-state index in [0.29, 0.717) is 5.56 Å². The number of nitriles is 1. The first kappa shape index (κ1) is 14.2. The van der Waals surface area contributed by atoms with Crippen molar-refractivity contribution in [3.05, 3.63) is 35.9 Å². The van der Waals surface area contributed by atoms with Crippen molar-refractivity contribution in [1.29, 1.82) is 5.26 Å². The minimum absolute atomic E-state index is 0.0202. The average molecular weight is 247 g/mol. The zero-order chi connectivity index (χ0) is 13.6. The van der Waals surface area contributed by atoms with Crippen LogP contribution in [0, 0.1) is 17.2 Å². The van der Waals surface area contributed by atoms with E-state index in [4.69, 9.17) is 10.00 Å². The second-order valence-electron chi connectivity index (χ2n) is 4.28. The highest BCUT2D eigenvalue weighted by molar-refractivity contribution is 5.75. The fourth-order valence-electron chi connectivity index (χ4n) is 1.74. The fraction of sp³-hybridized carbons (Fsp3) is 0.429. The number of esters is 1. The van der Waals surface area contributed by atoms with Gasteiger partial charge in [0.1, 0.15) is 5.92 Å². The van der Waals surface area contributed by atoms with Crippen molar-refractivity contribution >= 4 is 5.97 Å². The molecule has 0 aliphatic carbocycles. The van der Waals surface area contributed by atoms with Gasteiger partial charge in [-0.3, -0.25) is 4.79 Å². The van der Waals surface area contributed by atoms with Crippen molar-refractivity contribution in [2.24, 2.45) is 5.92 Å². The van der Waals surface area contributed by atoms with Crippen molar-refractivity contribution in [2.45, 2.75) is 25.9 Å². The Kier molecular flexibility index (Phi) is 4.87. The number of rotatable bonds is 5. The van der Waals surface area contributed by atoms with Gasteiger partial charge in [-0.05, 0) is 19.4 Å². The van der Waals surface area contributed by atoms with E-state index in [1.807, 2.05) is 12.1 Å². The highest BCUT2D eigenvalue weighted by Crippen LogP contribution is 2.28. The van der Waals surface area contributed by atoms with Gasteiger partial charge in [0.15, 0.2) is 0 Å². The van der Waals surface area contributed by atoms with Crippen LogP contribution < -0.4 is 0 Å². The number of hydrogen-bond acceptors (Lipinski definition) is 4. The van der Waals surface area contributed by atoms with Gasteiger partial charge in [0.25, 0.3) is 0 Å². The van der Waals surface area contributed by atoms with Crippen LogP contribution >= 0.6 is 0 Å². The van der Waals surface area contributed by atoms with Gasteiger partial charge >= 0.3 is 5.97 Å². The first-order valence-corrected chi connectivity index (χ1v) is 5.85. The zero-order valence-corrected chi connectivity index (χ0v) is 10.6. The summed E-state index contributed by atoms with van der Waals surface area (Å²) in [6.07, 6.45) is 0.0202. The van der Waals surface area contributed by atoms with E-state index in [1.54, 1.807) is 38.1 Å². The van der Waals surface area contributed by atoms with Crippen LogP contribution in [0.2, 0.25) is 0 Å². The molecule has 1 N–H and O–H groups in total. The molecular weight excluding hydrogens is 230 g/mol. The first-order chi connectivity index (χ1) is 8.51. The van der Waals surface area contributed by atoms with Crippen molar-refractivity contribution in [3.8, 4) is 6.07 Å². The largest absolute Gasteiger partial charge is 0.465 e. The lowest BCUT2D eigenvalue weighted by Crippen LogP contribution is -2.29. The molecule has 0 bridgehead atoms. The molecule has 1 aromatic carbocycles. The molecule has 2 atom stereocenters. The molecule has 0 heterocycles. The lowest BCUT2D eigenvalue weighted by atomic mass is 9.86. The third-order valence-electron chi connectivity index (χ3n) is 2.72. The highest BCUT2D eigenvalue weighted by atomic mass is 16.5. The molecule has 0 amide bonds. The molecule has 18 heavy (non-hydrogen) atoms. The molecule has 0 aromatic heterocycles. The molecule has 96 valence electrons. The highest BCUT2D eigenvalue weighted by Gasteiger charge is 2.31. The van der Waals surface area contributed by atoms with E-state index in [0.717, 1.165) is 0 Å². The van der Waals surface area contributed by atoms with E-state index in [2.05, 4.69) is 0 Å². The summed E-state index contributed by atoms with van der Waals surface area (Å²) in [5.41, 5.74) is -0.552. The summed E-state index contributed by atoms with van der Waals surface area (Å²) in [6, 6.07) is 10.8. The molecule has 2 unspecified atom stereocenters. The first-order valence-electron chi connectivity index (χ1n) is 5.85. The normalized spacial score (nSPS) is 15.2. The molecule has 0 radical (unpaired) electrons. The molecule has 4 nitrogen and oxygen atoms in total. The Labute approximate surface area is 107 Å². The Morgan fingerprint density at radius 3 is 2.61 bits per heavy atom. The number of benzene rings is 1. The molecule has 0 spiro atoms. The number of carbonyl (C=O) groups excluding carboxylic acids is 1. The van der Waals surface area contributed by atoms with Crippen LogP contribution in [0.1, 0.15) is 25.8 Å². The van der Waals surface area contributed by atoms with Crippen LogP contribution in [-0.4, -0.2) is 17.7 Å². The van der Waals surface area contributed by atoms with Gasteiger partial charge in [-0.15, -0.1) is 0 Å². The molecular formula is C14H17NO3. The summed E-state index contributed by atoms with van der Waals surface area (Å²) in [4.78, 5) is 11.5. The van der Waals surface area contributed by atoms with Gasteiger partial charge in [-0.2, -0.15) is 5.26 Å². The number of nitrogens with zero attached hydrogens (tertiary/aromatic N) is 1. The van der Waals surface area contributed by atoms with E-state index in [-0.39, 0.29) is 13.0 Å². The maximum Gasteiger partial charge on any atom is 0.323 e. The Hall–Kier alpha value is -1.86. The predicted octanol–water partition coefficient (Wildman–Crippen LogP) is 1.99. The number of hydrogen-bond donors (Lipinski definition) is 1. The Morgan fingerprint density at radius 1 is 1.50 bits per heavy atom. The number of ether oxygens (including phenoxy) is 1. The van der Waals surface area contributed by atoms with E-state index in [9.17, 15) is 9.90 Å². The SMILES string of the molecule is CCOC(=O)C(C#N)CC(C)(O)c1ccccc1. The summed E-state index contributed by atoms with van der Waals surface area (Å²) in [6.45, 7) is 3.50. The maximum absolute atomic E-state index is 11.5. The monoisotopic (exact) mass is 247 g/mol. The van der Waals surface area contributed by atoms with Gasteiger partial charge in [0, 0.05) is 6.42 Å². The van der Waals surface area contributed by atoms with Crippen molar-refractivity contribution in [3.63, 3.8) is 0 Å². The summed E-state index contributed by atoms with van der Waals surface area (Å²) in [7, 11) is 0. The Bertz CT molecular complexity index is 434. The van der Waals surface area contributed by atoms with Crippen molar-refractivity contribution in [2.75, 3.05) is 6.61 Å². The zero-order valence-electron chi connectivity index (χ0n) is 10.6. The fourth-order valence-corrected chi connectivity index (χ4v) is 1.74. The lowest BCUT2D eigenvalue weighted by Gasteiger charge is -2.25. The second-order valence-corrected chi connectivity index (χ2v) is 4.28. The molecule has 0 aliphatic rings. The van der Waals surface area contributed by atoms with Gasteiger partial charge < -0.3 is 9.84 Å². The Morgan fingerprint density at radius 2 is 2.11 bits per heavy atom. The van der Waals surface area contributed by atoms with Crippen molar-refractivity contribution in [1.82, 2.24) is 0 Å². The molecule has 1 aromatic rings. The van der Waals surface area contributed by atoms with Gasteiger partial charge in [-0.1, -0.05) is 30.3 Å². The molecule has 1 rings (SSSR count). The molecule has 0 saturated heterocycles. The lowest BCUT2D eigenvalue weighted by molar-refractivity contribution is -0.148. The summed E-state index contributed by atoms with van der Waals surface area (Å²) >= 11 is 0. The Balaban J connectivity index is 2.82. The number of aliphatic hydroxyl groups is 1. The van der Waals surface area contributed by atoms with E-state index < -0.39 is 17.5 Å². The smallest absolute Gasteiger partial charge is 0.323 e. The standard InChI is InChI=1S/C14H17NO3/c1-3-18-13(16)11(10-15)9-14(2,17)12-7-5-4-6-8-12/h4-8,11,17H,3,9H2,1-2H3. The van der Waals surface area contributed by atoms with Crippen LogP contribution in [0.25, 0.3) is 0 Å². The van der Waals surface area contributed by atoms with Crippen LogP contribution in [0.15, 0.2) is 30.3 Å². The van der Waals surface area contributed by atoms with E-state index >= 15 is 0 Å². The topological polar surface area (TPSA) is 70.3 Å². The average Bonchev–Trinajstić information content (AvgIpc) is 2.37. The van der Waals surface area contributed by atoms with Gasteiger partial charge in [-0.25, -0.2) is 0 Å². The summed E-state index contributed by atoms with van der Waals surface area (Å²) in [5, 5.41) is 19.3. The molecule has 0 saturated carbocycles. The summed E-state index contributed by atoms with van der Waals surface area (Å²) < 4.78 is 4.80. The molecule has 0 fully saturated rings. The van der Waals surface area contributed by atoms with Crippen LogP contribution in [0.3, 0.4) is 0 Å². The van der Waals surface area contributed by atoms with Crippen LogP contribution in [0.4, 0.5) is 0 Å². The van der Waals surface area contributed by atoms with Crippen LogP contribution in [0.5, 0.6) is 0 Å². The quantitative estimate of drug-likeness (QED) is 0.808. The summed E-state index contributed by atoms with van der Waals surface area (Å²) in [5.74, 6) is -1.55. The van der Waals surface area contributed by atoms with Gasteiger partial charge in [0.2, 0.25) is 0 Å². The third kappa shape index (κ3) is 3.57. The molecule has 0 aliphatic heterocycles. The second kappa shape index (κ2) is 6.18. The van der Waals surface area contributed by atoms with Crippen LogP contribution in [-0.2, 0) is 15.1 Å². The number of carbonyl (C=O) groups is 1. The van der Waals surface area contributed by atoms with Gasteiger partial charge in [0.05, 0.1) is 18.3 Å². The predicted molar refractivity (Wildman–Crippen MR) is 66.4 cm³/mol. The minimum atomic E-state index is -1.23. The maximum atomic E-state index is 11.5. The van der Waals surface area contributed by atoms with Crippen molar-refractivity contribution < 1.29 is 14.6 Å². The van der Waals surface area contributed by atoms with E-state index in [1.165, 1.54) is 0 Å². The molecule has 4 heteroatoms.